The molecule has 0 saturated carbocycles. The Balaban J connectivity index is 4.12. The average Bonchev–Trinajstić information content (AvgIpc) is 1.85. The largest absolute Gasteiger partial charge is 0.372 e. The molecule has 0 aliphatic rings. The van der Waals surface area contributed by atoms with Gasteiger partial charge >= 0.3 is 0 Å². The lowest BCUT2D eigenvalue weighted by molar-refractivity contribution is 0.625. The zero-order valence-corrected chi connectivity index (χ0v) is 10.0. The van der Waals surface area contributed by atoms with Crippen LogP contribution >= 0.6 is 12.2 Å². The van der Waals surface area contributed by atoms with E-state index in [0.717, 1.165) is 4.99 Å². The van der Waals surface area contributed by atoms with Gasteiger partial charge in [0, 0.05) is 29.6 Å². The SMILES string of the molecule is CN(C)C(=S)CS(=O)C(C)(C)C. The van der Waals surface area contributed by atoms with E-state index in [4.69, 9.17) is 12.2 Å². The van der Waals surface area contributed by atoms with Crippen LogP contribution in [0.1, 0.15) is 20.8 Å². The van der Waals surface area contributed by atoms with Crippen LogP contribution in [-0.2, 0) is 10.8 Å². The Labute approximate surface area is 82.8 Å². The molecular weight excluding hydrogens is 190 g/mol. The van der Waals surface area contributed by atoms with E-state index in [-0.39, 0.29) is 4.75 Å². The van der Waals surface area contributed by atoms with Crippen molar-refractivity contribution in [3.8, 4) is 0 Å². The summed E-state index contributed by atoms with van der Waals surface area (Å²) in [5, 5.41) is 0. The van der Waals surface area contributed by atoms with Crippen molar-refractivity contribution in [1.82, 2.24) is 4.90 Å². The fourth-order valence-corrected chi connectivity index (χ4v) is 1.69. The van der Waals surface area contributed by atoms with Crippen molar-refractivity contribution < 1.29 is 4.21 Å². The minimum Gasteiger partial charge on any atom is -0.372 e. The minimum absolute atomic E-state index is 0.167. The second kappa shape index (κ2) is 4.33. The summed E-state index contributed by atoms with van der Waals surface area (Å²) in [6.07, 6.45) is 0. The van der Waals surface area contributed by atoms with E-state index in [0.29, 0.717) is 5.75 Å². The van der Waals surface area contributed by atoms with Gasteiger partial charge in [-0.15, -0.1) is 0 Å². The molecule has 0 rings (SSSR count). The van der Waals surface area contributed by atoms with Crippen molar-refractivity contribution in [2.75, 3.05) is 19.8 Å². The Hall–Kier alpha value is 0.0400. The monoisotopic (exact) mass is 207 g/mol. The first kappa shape index (κ1) is 12.0. The summed E-state index contributed by atoms with van der Waals surface area (Å²) < 4.78 is 11.4. The third-order valence-corrected chi connectivity index (χ3v) is 4.03. The van der Waals surface area contributed by atoms with Crippen molar-refractivity contribution >= 4 is 28.0 Å². The maximum atomic E-state index is 11.6. The van der Waals surface area contributed by atoms with Crippen molar-refractivity contribution in [2.45, 2.75) is 25.5 Å². The molecule has 0 spiro atoms. The maximum absolute atomic E-state index is 11.6. The van der Waals surface area contributed by atoms with Crippen LogP contribution in [0.4, 0.5) is 0 Å². The highest BCUT2D eigenvalue weighted by molar-refractivity contribution is 7.89. The number of nitrogens with zero attached hydrogens (tertiary/aromatic N) is 1. The fraction of sp³-hybridized carbons (Fsp3) is 0.875. The summed E-state index contributed by atoms with van der Waals surface area (Å²) in [5.74, 6) is 0.492. The Morgan fingerprint density at radius 2 is 1.83 bits per heavy atom. The van der Waals surface area contributed by atoms with Gasteiger partial charge in [-0.2, -0.15) is 0 Å². The molecule has 0 aromatic rings. The summed E-state index contributed by atoms with van der Waals surface area (Å²) in [6, 6.07) is 0. The quantitative estimate of drug-likeness (QED) is 0.639. The van der Waals surface area contributed by atoms with E-state index in [2.05, 4.69) is 0 Å². The lowest BCUT2D eigenvalue weighted by Crippen LogP contribution is -2.32. The molecule has 12 heavy (non-hydrogen) atoms. The van der Waals surface area contributed by atoms with Crippen LogP contribution in [0.2, 0.25) is 0 Å². The van der Waals surface area contributed by atoms with Gasteiger partial charge in [0.15, 0.2) is 0 Å². The van der Waals surface area contributed by atoms with E-state index < -0.39 is 10.8 Å². The lowest BCUT2D eigenvalue weighted by Gasteiger charge is -2.20. The van der Waals surface area contributed by atoms with Gasteiger partial charge in [-0.1, -0.05) is 12.2 Å². The molecule has 1 atom stereocenters. The van der Waals surface area contributed by atoms with Crippen molar-refractivity contribution in [2.24, 2.45) is 0 Å². The van der Waals surface area contributed by atoms with Gasteiger partial charge in [-0.25, -0.2) is 0 Å². The first-order valence-corrected chi connectivity index (χ1v) is 5.56. The molecule has 2 nitrogen and oxygen atoms in total. The van der Waals surface area contributed by atoms with Crippen LogP contribution in [0.5, 0.6) is 0 Å². The van der Waals surface area contributed by atoms with Gasteiger partial charge in [-0.3, -0.25) is 4.21 Å². The number of hydrogen-bond acceptors (Lipinski definition) is 2. The zero-order chi connectivity index (χ0) is 9.94. The highest BCUT2D eigenvalue weighted by atomic mass is 32.2. The summed E-state index contributed by atoms with van der Waals surface area (Å²) >= 11 is 5.06. The van der Waals surface area contributed by atoms with E-state index in [1.165, 1.54) is 0 Å². The molecule has 0 fully saturated rings. The van der Waals surface area contributed by atoms with Crippen molar-refractivity contribution in [3.05, 3.63) is 0 Å². The topological polar surface area (TPSA) is 20.3 Å². The first-order chi connectivity index (χ1) is 5.25. The van der Waals surface area contributed by atoms with Crippen LogP contribution < -0.4 is 0 Å². The molecule has 0 aromatic heterocycles. The Morgan fingerprint density at radius 1 is 1.42 bits per heavy atom. The first-order valence-electron chi connectivity index (χ1n) is 3.84. The molecule has 0 aromatic carbocycles. The molecule has 0 bridgehead atoms. The second-order valence-corrected chi connectivity index (χ2v) is 6.57. The number of thiocarbonyl (C=S) groups is 1. The molecule has 0 N–H and O–H groups in total. The van der Waals surface area contributed by atoms with Crippen LogP contribution in [0.25, 0.3) is 0 Å². The van der Waals surface area contributed by atoms with E-state index >= 15 is 0 Å². The van der Waals surface area contributed by atoms with E-state index in [1.54, 1.807) is 0 Å². The molecule has 72 valence electrons. The molecule has 0 saturated heterocycles. The molecular formula is C8H17NOS2. The van der Waals surface area contributed by atoms with Crippen LogP contribution in [0, 0.1) is 0 Å². The predicted molar refractivity (Wildman–Crippen MR) is 59.0 cm³/mol. The van der Waals surface area contributed by atoms with Gasteiger partial charge in [0.1, 0.15) is 0 Å². The maximum Gasteiger partial charge on any atom is 0.0900 e. The number of rotatable bonds is 2. The molecule has 0 aliphatic heterocycles. The predicted octanol–water partition coefficient (Wildman–Crippen LogP) is 1.42. The standard InChI is InChI=1S/C8H17NOS2/c1-8(2,3)12(10)6-7(11)9(4)5/h6H2,1-5H3. The Bertz CT molecular complexity index is 194. The third kappa shape index (κ3) is 4.16. The van der Waals surface area contributed by atoms with Gasteiger partial charge < -0.3 is 4.90 Å². The molecule has 0 radical (unpaired) electrons. The third-order valence-electron chi connectivity index (χ3n) is 1.44. The minimum atomic E-state index is -0.871. The summed E-state index contributed by atoms with van der Waals surface area (Å²) in [4.78, 5) is 2.59. The molecule has 4 heteroatoms. The van der Waals surface area contributed by atoms with Gasteiger partial charge in [-0.05, 0) is 20.8 Å². The lowest BCUT2D eigenvalue weighted by atomic mass is 10.3. The highest BCUT2D eigenvalue weighted by Gasteiger charge is 2.20. The van der Waals surface area contributed by atoms with E-state index in [1.807, 2.05) is 39.8 Å². The summed E-state index contributed by atoms with van der Waals surface area (Å²) in [7, 11) is 2.88. The molecule has 0 amide bonds. The molecule has 0 heterocycles. The Morgan fingerprint density at radius 3 is 2.08 bits per heavy atom. The smallest absolute Gasteiger partial charge is 0.0900 e. The summed E-state index contributed by atoms with van der Waals surface area (Å²) in [6.45, 7) is 5.88. The van der Waals surface area contributed by atoms with Crippen molar-refractivity contribution in [3.63, 3.8) is 0 Å². The summed E-state index contributed by atoms with van der Waals surface area (Å²) in [5.41, 5.74) is 0. The fourth-order valence-electron chi connectivity index (χ4n) is 0.458. The van der Waals surface area contributed by atoms with Crippen LogP contribution in [0.15, 0.2) is 0 Å². The van der Waals surface area contributed by atoms with Gasteiger partial charge in [0.05, 0.1) is 10.7 Å². The number of hydrogen-bond donors (Lipinski definition) is 0. The Kier molecular flexibility index (Phi) is 4.34. The van der Waals surface area contributed by atoms with Gasteiger partial charge in [0.2, 0.25) is 0 Å². The average molecular weight is 207 g/mol. The van der Waals surface area contributed by atoms with Crippen molar-refractivity contribution in [1.29, 1.82) is 0 Å². The molecule has 1 unspecified atom stereocenters. The second-order valence-electron chi connectivity index (χ2n) is 3.89. The van der Waals surface area contributed by atoms with Gasteiger partial charge in [0.25, 0.3) is 0 Å². The van der Waals surface area contributed by atoms with E-state index in [9.17, 15) is 4.21 Å². The van der Waals surface area contributed by atoms with Crippen LogP contribution in [-0.4, -0.2) is 38.7 Å². The molecule has 0 aliphatic carbocycles. The normalized spacial score (nSPS) is 14.1. The zero-order valence-electron chi connectivity index (χ0n) is 8.38. The van der Waals surface area contributed by atoms with Crippen LogP contribution in [0.3, 0.4) is 0 Å². The highest BCUT2D eigenvalue weighted by Crippen LogP contribution is 2.11.